The molecule has 0 amide bonds. The third kappa shape index (κ3) is 3.79. The molecule has 1 unspecified atom stereocenters. The lowest BCUT2D eigenvalue weighted by Gasteiger charge is -2.04. The van der Waals surface area contributed by atoms with Crippen LogP contribution in [0.2, 0.25) is 0 Å². The van der Waals surface area contributed by atoms with Crippen molar-refractivity contribution in [2.45, 2.75) is 33.1 Å². The number of benzene rings is 1. The van der Waals surface area contributed by atoms with Crippen molar-refractivity contribution in [3.8, 4) is 5.75 Å². The molecule has 0 saturated heterocycles. The fourth-order valence-corrected chi connectivity index (χ4v) is 2.79. The van der Waals surface area contributed by atoms with Gasteiger partial charge in [-0.05, 0) is 26.0 Å². The summed E-state index contributed by atoms with van der Waals surface area (Å²) in [5.41, 5.74) is 8.08. The first-order chi connectivity index (χ1) is 9.60. The quantitative estimate of drug-likeness (QED) is 0.888. The Morgan fingerprint density at radius 2 is 1.95 bits per heavy atom. The van der Waals surface area contributed by atoms with Crippen LogP contribution in [0.3, 0.4) is 0 Å². The largest absolute Gasteiger partial charge is 0.486 e. The summed E-state index contributed by atoms with van der Waals surface area (Å²) in [4.78, 5) is 5.61. The molecule has 0 saturated carbocycles. The van der Waals surface area contributed by atoms with E-state index in [0.29, 0.717) is 13.2 Å². The van der Waals surface area contributed by atoms with Crippen molar-refractivity contribution in [3.05, 3.63) is 45.4 Å². The summed E-state index contributed by atoms with van der Waals surface area (Å²) >= 11 is 1.59. The zero-order valence-corrected chi connectivity index (χ0v) is 12.9. The summed E-state index contributed by atoms with van der Waals surface area (Å²) < 4.78 is 10.9. The van der Waals surface area contributed by atoms with Gasteiger partial charge in [0, 0.05) is 18.0 Å². The van der Waals surface area contributed by atoms with Crippen molar-refractivity contribution in [2.75, 3.05) is 7.11 Å². The zero-order valence-electron chi connectivity index (χ0n) is 12.1. The van der Waals surface area contributed by atoms with Crippen LogP contribution in [0.25, 0.3) is 0 Å². The van der Waals surface area contributed by atoms with Gasteiger partial charge in [0.2, 0.25) is 0 Å². The average Bonchev–Trinajstić information content (AvgIpc) is 2.82. The Morgan fingerprint density at radius 1 is 1.25 bits per heavy atom. The zero-order chi connectivity index (χ0) is 14.5. The maximum Gasteiger partial charge on any atom is 0.140 e. The minimum Gasteiger partial charge on any atom is -0.486 e. The topological polar surface area (TPSA) is 57.4 Å². The predicted molar refractivity (Wildman–Crippen MR) is 80.9 cm³/mol. The normalized spacial score (nSPS) is 12.4. The Hall–Kier alpha value is -1.43. The molecule has 1 aromatic carbocycles. The van der Waals surface area contributed by atoms with E-state index >= 15 is 0 Å². The molecule has 2 N–H and O–H groups in total. The molecule has 0 aliphatic carbocycles. The third-order valence-corrected chi connectivity index (χ3v) is 4.12. The molecule has 0 aliphatic heterocycles. The Labute approximate surface area is 123 Å². The van der Waals surface area contributed by atoms with Gasteiger partial charge in [0.1, 0.15) is 17.4 Å². The summed E-state index contributed by atoms with van der Waals surface area (Å²) in [5.74, 6) is 0.849. The molecule has 1 aromatic heterocycles. The molecule has 0 spiro atoms. The van der Waals surface area contributed by atoms with Gasteiger partial charge in [0.15, 0.2) is 0 Å². The fraction of sp³-hybridized carbons (Fsp3) is 0.400. The van der Waals surface area contributed by atoms with E-state index < -0.39 is 0 Å². The van der Waals surface area contributed by atoms with Gasteiger partial charge in [-0.25, -0.2) is 4.98 Å². The van der Waals surface area contributed by atoms with Crippen molar-refractivity contribution in [2.24, 2.45) is 5.73 Å². The van der Waals surface area contributed by atoms with Crippen LogP contribution < -0.4 is 10.5 Å². The molecule has 0 aliphatic rings. The maximum atomic E-state index is 5.96. The van der Waals surface area contributed by atoms with Crippen molar-refractivity contribution >= 4 is 11.3 Å². The number of aryl methyl sites for hydroxylation is 1. The number of methoxy groups -OCH3 is 1. The second-order valence-electron chi connectivity index (χ2n) is 4.74. The first-order valence-corrected chi connectivity index (χ1v) is 7.34. The van der Waals surface area contributed by atoms with Crippen LogP contribution in [0, 0.1) is 6.92 Å². The lowest BCUT2D eigenvalue weighted by Crippen LogP contribution is -2.06. The minimum atomic E-state index is -0.0363. The number of nitrogens with two attached hydrogens (primary N) is 1. The van der Waals surface area contributed by atoms with Gasteiger partial charge < -0.3 is 15.2 Å². The monoisotopic (exact) mass is 292 g/mol. The van der Waals surface area contributed by atoms with E-state index in [-0.39, 0.29) is 6.04 Å². The van der Waals surface area contributed by atoms with Crippen LogP contribution in [-0.2, 0) is 18.0 Å². The number of hydrogen-bond donors (Lipinski definition) is 1. The highest BCUT2D eigenvalue weighted by molar-refractivity contribution is 7.11. The van der Waals surface area contributed by atoms with E-state index in [1.165, 1.54) is 5.56 Å². The number of ether oxygens (including phenoxy) is 2. The first kappa shape index (κ1) is 15.0. The van der Waals surface area contributed by atoms with E-state index in [2.05, 4.69) is 11.9 Å². The number of aromatic nitrogens is 1. The Bertz CT molecular complexity index is 550. The molecule has 2 rings (SSSR count). The molecule has 0 radical (unpaired) electrons. The van der Waals surface area contributed by atoms with Crippen LogP contribution in [0.1, 0.15) is 34.1 Å². The van der Waals surface area contributed by atoms with Gasteiger partial charge in [-0.15, -0.1) is 11.3 Å². The minimum absolute atomic E-state index is 0.0363. The molecule has 20 heavy (non-hydrogen) atoms. The number of rotatable bonds is 6. The summed E-state index contributed by atoms with van der Waals surface area (Å²) in [6.45, 7) is 4.95. The van der Waals surface area contributed by atoms with E-state index in [1.807, 2.05) is 31.2 Å². The highest BCUT2D eigenvalue weighted by Gasteiger charge is 2.14. The maximum absolute atomic E-state index is 5.96. The Morgan fingerprint density at radius 3 is 2.55 bits per heavy atom. The van der Waals surface area contributed by atoms with Gasteiger partial charge in [-0.1, -0.05) is 17.7 Å². The van der Waals surface area contributed by atoms with E-state index in [4.69, 9.17) is 15.2 Å². The van der Waals surface area contributed by atoms with Crippen molar-refractivity contribution in [1.82, 2.24) is 4.98 Å². The lowest BCUT2D eigenvalue weighted by molar-refractivity contribution is 0.180. The van der Waals surface area contributed by atoms with Gasteiger partial charge >= 0.3 is 0 Å². The second kappa shape index (κ2) is 6.83. The highest BCUT2D eigenvalue weighted by atomic mass is 32.1. The number of thiazole rings is 1. The summed E-state index contributed by atoms with van der Waals surface area (Å²) in [6, 6.07) is 7.95. The standard InChI is InChI=1S/C15H20N2O2S/c1-10-4-6-12(7-5-10)19-9-14-17-13(8-18-3)15(20-14)11(2)16/h4-7,11H,8-9,16H2,1-3H3. The lowest BCUT2D eigenvalue weighted by atomic mass is 10.2. The van der Waals surface area contributed by atoms with Crippen LogP contribution >= 0.6 is 11.3 Å². The molecule has 1 atom stereocenters. The van der Waals surface area contributed by atoms with Gasteiger partial charge in [-0.3, -0.25) is 0 Å². The van der Waals surface area contributed by atoms with E-state index in [0.717, 1.165) is 21.3 Å². The van der Waals surface area contributed by atoms with Gasteiger partial charge in [0.25, 0.3) is 0 Å². The van der Waals surface area contributed by atoms with Crippen LogP contribution in [0.15, 0.2) is 24.3 Å². The SMILES string of the molecule is COCc1nc(COc2ccc(C)cc2)sc1C(C)N. The molecule has 4 nitrogen and oxygen atoms in total. The predicted octanol–water partition coefficient (Wildman–Crippen LogP) is 3.20. The second-order valence-corrected chi connectivity index (χ2v) is 5.86. The van der Waals surface area contributed by atoms with Crippen molar-refractivity contribution in [1.29, 1.82) is 0 Å². The van der Waals surface area contributed by atoms with Crippen molar-refractivity contribution < 1.29 is 9.47 Å². The number of nitrogens with zero attached hydrogens (tertiary/aromatic N) is 1. The average molecular weight is 292 g/mol. The molecule has 0 bridgehead atoms. The molecular weight excluding hydrogens is 272 g/mol. The first-order valence-electron chi connectivity index (χ1n) is 6.52. The van der Waals surface area contributed by atoms with E-state index in [9.17, 15) is 0 Å². The fourth-order valence-electron chi connectivity index (χ4n) is 1.85. The summed E-state index contributed by atoms with van der Waals surface area (Å²) in [6.07, 6.45) is 0. The molecular formula is C15H20N2O2S. The van der Waals surface area contributed by atoms with Crippen LogP contribution in [-0.4, -0.2) is 12.1 Å². The van der Waals surface area contributed by atoms with Crippen molar-refractivity contribution in [3.63, 3.8) is 0 Å². The Kier molecular flexibility index (Phi) is 5.11. The van der Waals surface area contributed by atoms with Gasteiger partial charge in [-0.2, -0.15) is 0 Å². The molecule has 2 aromatic rings. The molecule has 0 fully saturated rings. The van der Waals surface area contributed by atoms with E-state index in [1.54, 1.807) is 18.4 Å². The molecule has 108 valence electrons. The Balaban J connectivity index is 2.05. The summed E-state index contributed by atoms with van der Waals surface area (Å²) in [7, 11) is 1.66. The summed E-state index contributed by atoms with van der Waals surface area (Å²) in [5, 5.41) is 0.921. The number of hydrogen-bond acceptors (Lipinski definition) is 5. The smallest absolute Gasteiger partial charge is 0.140 e. The van der Waals surface area contributed by atoms with Gasteiger partial charge in [0.05, 0.1) is 12.3 Å². The highest BCUT2D eigenvalue weighted by Crippen LogP contribution is 2.25. The molecule has 5 heteroatoms. The van der Waals surface area contributed by atoms with Crippen LogP contribution in [0.5, 0.6) is 5.75 Å². The van der Waals surface area contributed by atoms with Crippen LogP contribution in [0.4, 0.5) is 0 Å². The molecule has 1 heterocycles. The third-order valence-electron chi connectivity index (χ3n) is 2.85.